The molecule has 1 aromatic rings. The fraction of sp³-hybridized carbons (Fsp3) is 0.571. The van der Waals surface area contributed by atoms with E-state index in [0.29, 0.717) is 13.2 Å². The lowest BCUT2D eigenvalue weighted by Crippen LogP contribution is -2.48. The molecule has 2 rings (SSSR count). The van der Waals surface area contributed by atoms with Gasteiger partial charge in [0.2, 0.25) is 0 Å². The third-order valence-corrected chi connectivity index (χ3v) is 3.36. The predicted octanol–water partition coefficient (Wildman–Crippen LogP) is 3.28. The van der Waals surface area contributed by atoms with Crippen LogP contribution >= 0.6 is 0 Å². The lowest BCUT2D eigenvalue weighted by molar-refractivity contribution is 0.0278. The lowest BCUT2D eigenvalue weighted by atomic mass is 9.94. The van der Waals surface area contributed by atoms with E-state index in [9.17, 15) is 8.78 Å². The van der Waals surface area contributed by atoms with Gasteiger partial charge in [-0.15, -0.1) is 0 Å². The fourth-order valence-corrected chi connectivity index (χ4v) is 2.23. The molecule has 1 aliphatic heterocycles. The van der Waals surface area contributed by atoms with Gasteiger partial charge >= 0.3 is 0 Å². The van der Waals surface area contributed by atoms with Crippen molar-refractivity contribution in [1.82, 2.24) is 5.32 Å². The minimum Gasteiger partial charge on any atom is -0.380 e. The van der Waals surface area contributed by atoms with Gasteiger partial charge in [0.05, 0.1) is 6.61 Å². The van der Waals surface area contributed by atoms with Crippen LogP contribution in [0.2, 0.25) is 0 Å². The Bertz CT molecular complexity index is 389. The Kier molecular flexibility index (Phi) is 4.30. The van der Waals surface area contributed by atoms with Crippen LogP contribution in [-0.2, 0) is 11.3 Å². The van der Waals surface area contributed by atoms with Crippen LogP contribution in [0.4, 0.5) is 8.78 Å². The van der Waals surface area contributed by atoms with Crippen molar-refractivity contribution in [3.63, 3.8) is 0 Å². The monoisotopic (exact) mass is 255 g/mol. The predicted molar refractivity (Wildman–Crippen MR) is 66.7 cm³/mol. The van der Waals surface area contributed by atoms with Crippen molar-refractivity contribution in [2.45, 2.75) is 38.3 Å². The topological polar surface area (TPSA) is 21.3 Å². The molecule has 18 heavy (non-hydrogen) atoms. The number of nitrogens with one attached hydrogen (secondary N) is 1. The average Bonchev–Trinajstić information content (AvgIpc) is 2.38. The van der Waals surface area contributed by atoms with Gasteiger partial charge in [0.15, 0.2) is 0 Å². The number of hydrogen-bond donors (Lipinski definition) is 1. The molecular formula is C14H19F2NO. The van der Waals surface area contributed by atoms with Gasteiger partial charge in [-0.1, -0.05) is 18.2 Å². The summed E-state index contributed by atoms with van der Waals surface area (Å²) in [6.07, 6.45) is -0.305. The van der Waals surface area contributed by atoms with E-state index in [2.05, 4.69) is 12.2 Å². The van der Waals surface area contributed by atoms with Crippen LogP contribution in [0, 0.1) is 0 Å². The highest BCUT2D eigenvalue weighted by atomic mass is 19.3. The molecule has 0 spiro atoms. The largest absolute Gasteiger partial charge is 0.380 e. The first kappa shape index (κ1) is 13.4. The maximum absolute atomic E-state index is 12.6. The van der Waals surface area contributed by atoms with Crippen LogP contribution in [-0.4, -0.2) is 18.8 Å². The average molecular weight is 255 g/mol. The third-order valence-electron chi connectivity index (χ3n) is 3.36. The van der Waals surface area contributed by atoms with Gasteiger partial charge < -0.3 is 10.1 Å². The van der Waals surface area contributed by atoms with Gasteiger partial charge in [-0.2, -0.15) is 0 Å². The first-order valence-electron chi connectivity index (χ1n) is 6.29. The summed E-state index contributed by atoms with van der Waals surface area (Å²) in [6, 6.07) is 6.56. The summed E-state index contributed by atoms with van der Waals surface area (Å²) in [5.41, 5.74) is 0.929. The molecule has 0 aliphatic carbocycles. The van der Waals surface area contributed by atoms with Crippen LogP contribution in [0.3, 0.4) is 0 Å². The smallest absolute Gasteiger partial charge is 0.263 e. The van der Waals surface area contributed by atoms with Crippen LogP contribution < -0.4 is 5.32 Å². The van der Waals surface area contributed by atoms with Gasteiger partial charge in [-0.25, -0.2) is 8.78 Å². The van der Waals surface area contributed by atoms with Gasteiger partial charge in [-0.05, 0) is 31.4 Å². The first-order valence-corrected chi connectivity index (χ1v) is 6.29. The van der Waals surface area contributed by atoms with Crippen LogP contribution in [0.25, 0.3) is 0 Å². The Hall–Kier alpha value is -1.00. The number of alkyl halides is 2. The van der Waals surface area contributed by atoms with E-state index < -0.39 is 6.43 Å². The van der Waals surface area contributed by atoms with Crippen molar-refractivity contribution in [3.8, 4) is 0 Å². The molecule has 1 aliphatic rings. The number of ether oxygens (including phenoxy) is 1. The summed E-state index contributed by atoms with van der Waals surface area (Å²) in [5.74, 6) is 0. The van der Waals surface area contributed by atoms with Crippen LogP contribution in [0.5, 0.6) is 0 Å². The SMILES string of the molecule is CC1(NCc2cccc(C(F)F)c2)CCCOC1. The number of benzene rings is 1. The van der Waals surface area contributed by atoms with Gasteiger partial charge in [0.25, 0.3) is 6.43 Å². The molecular weight excluding hydrogens is 236 g/mol. The van der Waals surface area contributed by atoms with E-state index in [1.165, 1.54) is 6.07 Å². The summed E-state index contributed by atoms with van der Waals surface area (Å²) in [6.45, 7) is 4.21. The Morgan fingerprint density at radius 2 is 2.28 bits per heavy atom. The van der Waals surface area contributed by atoms with Crippen LogP contribution in [0.1, 0.15) is 37.3 Å². The molecule has 1 N–H and O–H groups in total. The highest BCUT2D eigenvalue weighted by molar-refractivity contribution is 5.24. The zero-order valence-corrected chi connectivity index (χ0v) is 10.6. The minimum absolute atomic E-state index is 0.0426. The molecule has 0 bridgehead atoms. The first-order chi connectivity index (χ1) is 8.59. The molecule has 1 fully saturated rings. The normalized spacial score (nSPS) is 24.4. The van der Waals surface area contributed by atoms with Crippen molar-refractivity contribution in [1.29, 1.82) is 0 Å². The molecule has 1 atom stereocenters. The summed E-state index contributed by atoms with van der Waals surface area (Å²) < 4.78 is 30.6. The Morgan fingerprint density at radius 3 is 2.94 bits per heavy atom. The Labute approximate surface area is 106 Å². The van der Waals surface area contributed by atoms with Crippen molar-refractivity contribution in [3.05, 3.63) is 35.4 Å². The fourth-order valence-electron chi connectivity index (χ4n) is 2.23. The quantitative estimate of drug-likeness (QED) is 0.891. The van der Waals surface area contributed by atoms with E-state index in [0.717, 1.165) is 25.0 Å². The molecule has 1 aromatic carbocycles. The maximum atomic E-state index is 12.6. The van der Waals surface area contributed by atoms with Crippen molar-refractivity contribution < 1.29 is 13.5 Å². The Morgan fingerprint density at radius 1 is 1.44 bits per heavy atom. The standard InChI is InChI=1S/C14H19F2NO/c1-14(6-3-7-18-10-14)17-9-11-4-2-5-12(8-11)13(15)16/h2,4-5,8,13,17H,3,6-7,9-10H2,1H3. The summed E-state index contributed by atoms with van der Waals surface area (Å²) >= 11 is 0. The summed E-state index contributed by atoms with van der Waals surface area (Å²) in [4.78, 5) is 0. The maximum Gasteiger partial charge on any atom is 0.263 e. The third kappa shape index (κ3) is 3.50. The molecule has 0 radical (unpaired) electrons. The van der Waals surface area contributed by atoms with Crippen molar-refractivity contribution in [2.24, 2.45) is 0 Å². The second kappa shape index (κ2) is 5.76. The van der Waals surface area contributed by atoms with Gasteiger partial charge in [0, 0.05) is 24.3 Å². The van der Waals surface area contributed by atoms with Crippen molar-refractivity contribution >= 4 is 0 Å². The van der Waals surface area contributed by atoms with Crippen LogP contribution in [0.15, 0.2) is 24.3 Å². The van der Waals surface area contributed by atoms with Crippen molar-refractivity contribution in [2.75, 3.05) is 13.2 Å². The summed E-state index contributed by atoms with van der Waals surface area (Å²) in [5, 5.41) is 3.41. The highest BCUT2D eigenvalue weighted by Crippen LogP contribution is 2.21. The molecule has 4 heteroatoms. The zero-order chi connectivity index (χ0) is 13.0. The van der Waals surface area contributed by atoms with E-state index >= 15 is 0 Å². The number of rotatable bonds is 4. The second-order valence-corrected chi connectivity index (χ2v) is 5.12. The molecule has 1 saturated heterocycles. The second-order valence-electron chi connectivity index (χ2n) is 5.12. The van der Waals surface area contributed by atoms with E-state index in [4.69, 9.17) is 4.74 Å². The van der Waals surface area contributed by atoms with E-state index in [1.807, 2.05) is 6.07 Å². The van der Waals surface area contributed by atoms with E-state index in [1.54, 1.807) is 12.1 Å². The zero-order valence-electron chi connectivity index (χ0n) is 10.6. The van der Waals surface area contributed by atoms with E-state index in [-0.39, 0.29) is 11.1 Å². The molecule has 100 valence electrons. The summed E-state index contributed by atoms with van der Waals surface area (Å²) in [7, 11) is 0. The molecule has 0 saturated carbocycles. The number of hydrogen-bond acceptors (Lipinski definition) is 2. The number of halogens is 2. The molecule has 2 nitrogen and oxygen atoms in total. The lowest BCUT2D eigenvalue weighted by Gasteiger charge is -2.34. The van der Waals surface area contributed by atoms with Gasteiger partial charge in [-0.3, -0.25) is 0 Å². The Balaban J connectivity index is 1.95. The molecule has 0 amide bonds. The van der Waals surface area contributed by atoms with Gasteiger partial charge in [0.1, 0.15) is 0 Å². The molecule has 0 aromatic heterocycles. The minimum atomic E-state index is -2.40. The highest BCUT2D eigenvalue weighted by Gasteiger charge is 2.26. The molecule has 1 unspecified atom stereocenters. The molecule has 1 heterocycles.